The van der Waals surface area contributed by atoms with Crippen LogP contribution in [0.2, 0.25) is 0 Å². The van der Waals surface area contributed by atoms with E-state index in [1.54, 1.807) is 7.11 Å². The lowest BCUT2D eigenvalue weighted by molar-refractivity contribution is -0.303. The molecule has 3 aliphatic carbocycles. The number of Topliss-reactive ketones (excluding diaryl/α,β-unsaturated/α-hetero) is 1. The van der Waals surface area contributed by atoms with E-state index in [1.165, 1.54) is 7.11 Å². The number of ketones is 1. The van der Waals surface area contributed by atoms with Gasteiger partial charge in [0.25, 0.3) is 0 Å². The van der Waals surface area contributed by atoms with Gasteiger partial charge in [0.15, 0.2) is 6.10 Å². The molecule has 0 spiro atoms. The van der Waals surface area contributed by atoms with E-state index in [0.29, 0.717) is 13.0 Å². The van der Waals surface area contributed by atoms with Crippen molar-refractivity contribution in [1.29, 1.82) is 0 Å². The van der Waals surface area contributed by atoms with Crippen molar-refractivity contribution in [2.45, 2.75) is 97.4 Å². The molecule has 11 atom stereocenters. The number of hydrogen-bond donors (Lipinski definition) is 2. The molecule has 272 valence electrons. The Morgan fingerprint density at radius 1 is 1.00 bits per heavy atom. The van der Waals surface area contributed by atoms with E-state index in [9.17, 15) is 14.7 Å². The lowest BCUT2D eigenvalue weighted by atomic mass is 9.40. The smallest absolute Gasteiger partial charge is 0.338 e. The molecule has 2 saturated carbocycles. The monoisotopic (exact) mass is 689 g/mol. The van der Waals surface area contributed by atoms with Gasteiger partial charge in [-0.2, -0.15) is 0 Å². The molecule has 0 radical (unpaired) electrons. The molecule has 2 bridgehead atoms. The minimum Gasteiger partial charge on any atom is -0.456 e. The van der Waals surface area contributed by atoms with Crippen molar-refractivity contribution in [3.63, 3.8) is 0 Å². The summed E-state index contributed by atoms with van der Waals surface area (Å²) in [6, 6.07) is 18.9. The summed E-state index contributed by atoms with van der Waals surface area (Å²) in [7, 11) is 3.19. The molecule has 1 aliphatic heterocycles. The van der Waals surface area contributed by atoms with Gasteiger partial charge in [-0.25, -0.2) is 4.79 Å². The van der Waals surface area contributed by atoms with Gasteiger partial charge in [0, 0.05) is 49.5 Å². The summed E-state index contributed by atoms with van der Waals surface area (Å²) >= 11 is 0. The Morgan fingerprint density at radius 2 is 1.60 bits per heavy atom. The Morgan fingerprint density at radius 3 is 2.14 bits per heavy atom. The second-order valence-corrected chi connectivity index (χ2v) is 15.7. The minimum absolute atomic E-state index is 0.0549. The Bertz CT molecular complexity index is 1580. The van der Waals surface area contributed by atoms with Crippen LogP contribution in [0, 0.1) is 34.0 Å². The lowest BCUT2D eigenvalue weighted by Crippen LogP contribution is -2.74. The van der Waals surface area contributed by atoms with E-state index in [2.05, 4.69) is 26.1 Å². The zero-order valence-electron chi connectivity index (χ0n) is 31.0. The summed E-state index contributed by atoms with van der Waals surface area (Å²) in [5.74, 6) is -1.52. The van der Waals surface area contributed by atoms with Crippen molar-refractivity contribution in [3.8, 4) is 0 Å². The van der Waals surface area contributed by atoms with Crippen LogP contribution in [0.15, 0.2) is 71.8 Å². The maximum absolute atomic E-state index is 15.0. The number of fused-ring (bicyclic) bond motifs is 5. The van der Waals surface area contributed by atoms with E-state index >= 15 is 0 Å². The van der Waals surface area contributed by atoms with Crippen LogP contribution in [0.5, 0.6) is 0 Å². The van der Waals surface area contributed by atoms with Crippen LogP contribution in [0.3, 0.4) is 0 Å². The predicted octanol–water partition coefficient (Wildman–Crippen LogP) is 6.36. The summed E-state index contributed by atoms with van der Waals surface area (Å²) in [5, 5.41) is 16.7. The average Bonchev–Trinajstić information content (AvgIpc) is 3.10. The maximum Gasteiger partial charge on any atom is 0.338 e. The molecule has 9 heteroatoms. The highest BCUT2D eigenvalue weighted by molar-refractivity contribution is 5.91. The molecule has 0 aromatic heterocycles. The Balaban J connectivity index is 0.00000239. The number of methoxy groups -OCH3 is 2. The van der Waals surface area contributed by atoms with Crippen LogP contribution in [0.4, 0.5) is 5.69 Å². The van der Waals surface area contributed by atoms with Gasteiger partial charge in [0.1, 0.15) is 18.7 Å². The third-order valence-electron chi connectivity index (χ3n) is 13.1. The largest absolute Gasteiger partial charge is 0.456 e. The third kappa shape index (κ3) is 5.65. The highest BCUT2D eigenvalue weighted by Gasteiger charge is 2.72. The molecule has 6 rings (SSSR count). The summed E-state index contributed by atoms with van der Waals surface area (Å²) in [5.41, 5.74) is 0.145. The number of aliphatic hydroxyl groups is 1. The van der Waals surface area contributed by atoms with Crippen molar-refractivity contribution >= 4 is 24.2 Å². The van der Waals surface area contributed by atoms with Gasteiger partial charge >= 0.3 is 5.97 Å². The number of carbonyl (C=O) groups is 3. The SMILES string of the molecule is C=O.CO[C@H]1C[C@H]2OC[C@@]2(C)[C@H]2[C@H](C)[C@]3(O)C[C@H](OC(=O)[C@H](OC)[C@@H](Nc4ccccc4)c4ccccc4)C(C)=C([C@@H](C)C(=O)[C@]12C)C3(C)C. The second kappa shape index (κ2) is 14.0. The Kier molecular flexibility index (Phi) is 10.6. The van der Waals surface area contributed by atoms with E-state index in [0.717, 1.165) is 22.4 Å². The third-order valence-corrected chi connectivity index (χ3v) is 13.1. The van der Waals surface area contributed by atoms with Crippen LogP contribution < -0.4 is 5.32 Å². The van der Waals surface area contributed by atoms with Gasteiger partial charge in [0.05, 0.1) is 35.9 Å². The van der Waals surface area contributed by atoms with Crippen LogP contribution >= 0.6 is 0 Å². The molecule has 1 saturated heterocycles. The van der Waals surface area contributed by atoms with Gasteiger partial charge in [-0.1, -0.05) is 83.1 Å². The first-order chi connectivity index (χ1) is 23.7. The molecular formula is C41H55NO8. The number of hydrogen-bond acceptors (Lipinski definition) is 9. The van der Waals surface area contributed by atoms with Crippen molar-refractivity contribution in [2.75, 3.05) is 26.1 Å². The zero-order valence-corrected chi connectivity index (χ0v) is 31.0. The number of carbonyl (C=O) groups excluding carboxylic acids is 3. The highest BCUT2D eigenvalue weighted by Crippen LogP contribution is 2.68. The standard InChI is InChI=1S/C40H53NO7.CH2O/c1-23-28(48-36(43)33(46-9)32(26-16-12-10-13-17-26)41-27-18-14-11-15-19-27)21-40(44)25(3)34-38(6)22-47-29(38)20-30(45-8)39(34,7)35(42)24(2)31(23)37(40,4)5;1-2/h10-19,24-25,28-30,32-34,41,44H,20-22H2,1-9H3;1H2/t24-,25+,28+,29-,30+,32+,33-,34-,38-,39-,40-;/m1./s1. The molecule has 0 unspecified atom stereocenters. The topological polar surface area (TPSA) is 120 Å². The normalized spacial score (nSPS) is 36.9. The number of rotatable bonds is 8. The number of ether oxygens (including phenoxy) is 4. The van der Waals surface area contributed by atoms with Gasteiger partial charge in [-0.05, 0) is 54.5 Å². The Labute approximate surface area is 297 Å². The van der Waals surface area contributed by atoms with Gasteiger partial charge < -0.3 is 34.2 Å². The molecule has 0 amide bonds. The fourth-order valence-electron chi connectivity index (χ4n) is 10.7. The molecule has 2 N–H and O–H groups in total. The maximum atomic E-state index is 15.0. The number of benzene rings is 2. The second-order valence-electron chi connectivity index (χ2n) is 15.7. The van der Waals surface area contributed by atoms with E-state index in [-0.39, 0.29) is 41.7 Å². The first-order valence-electron chi connectivity index (χ1n) is 17.7. The van der Waals surface area contributed by atoms with Gasteiger partial charge in [-0.15, -0.1) is 0 Å². The van der Waals surface area contributed by atoms with Crippen LogP contribution in [-0.2, 0) is 33.3 Å². The predicted molar refractivity (Wildman–Crippen MR) is 191 cm³/mol. The van der Waals surface area contributed by atoms with E-state index in [4.69, 9.17) is 23.7 Å². The van der Waals surface area contributed by atoms with Crippen molar-refractivity contribution < 1.29 is 38.4 Å². The van der Waals surface area contributed by atoms with Crippen molar-refractivity contribution in [3.05, 3.63) is 77.4 Å². The van der Waals surface area contributed by atoms with Crippen LogP contribution in [0.1, 0.15) is 72.9 Å². The van der Waals surface area contributed by atoms with Crippen LogP contribution in [0.25, 0.3) is 0 Å². The Hall–Kier alpha value is -3.37. The lowest BCUT2D eigenvalue weighted by Gasteiger charge is -2.69. The highest BCUT2D eigenvalue weighted by atomic mass is 16.6. The molecular weight excluding hydrogens is 634 g/mol. The average molecular weight is 690 g/mol. The molecule has 1 heterocycles. The summed E-state index contributed by atoms with van der Waals surface area (Å²) in [6.07, 6.45) is -1.29. The summed E-state index contributed by atoms with van der Waals surface area (Å²) in [4.78, 5) is 37.2. The molecule has 50 heavy (non-hydrogen) atoms. The van der Waals surface area contributed by atoms with Gasteiger partial charge in [0.2, 0.25) is 0 Å². The first kappa shape index (κ1) is 37.9. The van der Waals surface area contributed by atoms with Crippen LogP contribution in [-0.4, -0.2) is 74.5 Å². The van der Waals surface area contributed by atoms with E-state index < -0.39 is 46.6 Å². The number of anilines is 1. The summed E-state index contributed by atoms with van der Waals surface area (Å²) < 4.78 is 24.5. The minimum atomic E-state index is -1.31. The quantitative estimate of drug-likeness (QED) is 0.241. The fourth-order valence-corrected chi connectivity index (χ4v) is 10.7. The van der Waals surface area contributed by atoms with Crippen molar-refractivity contribution in [1.82, 2.24) is 0 Å². The number of esters is 1. The molecule has 2 aromatic carbocycles. The molecule has 4 aliphatic rings. The van der Waals surface area contributed by atoms with Gasteiger partial charge in [-0.3, -0.25) is 4.79 Å². The molecule has 9 nitrogen and oxygen atoms in total. The summed E-state index contributed by atoms with van der Waals surface area (Å²) in [6.45, 7) is 16.9. The van der Waals surface area contributed by atoms with E-state index in [1.807, 2.05) is 95.1 Å². The molecule has 2 aromatic rings. The zero-order chi connectivity index (χ0) is 36.8. The first-order valence-corrected chi connectivity index (χ1v) is 17.7. The number of para-hydroxylation sites is 1. The fraction of sp³-hybridized carbons (Fsp3) is 0.585. The molecule has 3 fully saturated rings. The number of nitrogens with one attached hydrogen (secondary N) is 1. The van der Waals surface area contributed by atoms with Crippen molar-refractivity contribution in [2.24, 2.45) is 34.0 Å².